The molecule has 0 atom stereocenters. The average Bonchev–Trinajstić information content (AvgIpc) is 3.04. The normalized spacial score (nSPS) is 15.1. The Kier molecular flexibility index (Phi) is 4.39. The Hall–Kier alpha value is -3.16. The summed E-state index contributed by atoms with van der Waals surface area (Å²) in [5, 5.41) is 1.00. The number of amides is 1. The molecule has 0 radical (unpaired) electrons. The molecule has 1 aliphatic heterocycles. The number of hydrogen-bond acceptors (Lipinski definition) is 6. The first-order valence-electron chi connectivity index (χ1n) is 8.59. The van der Waals surface area contributed by atoms with Crippen LogP contribution in [0.5, 0.6) is 5.88 Å². The monoisotopic (exact) mass is 352 g/mol. The lowest BCUT2D eigenvalue weighted by atomic mass is 10.2. The number of hydrogen-bond donors (Lipinski definition) is 1. The van der Waals surface area contributed by atoms with Crippen molar-refractivity contribution in [3.05, 3.63) is 42.5 Å². The van der Waals surface area contributed by atoms with Gasteiger partial charge < -0.3 is 19.5 Å². The van der Waals surface area contributed by atoms with E-state index >= 15 is 0 Å². The van der Waals surface area contributed by atoms with E-state index in [0.717, 1.165) is 29.8 Å². The van der Waals surface area contributed by atoms with Crippen molar-refractivity contribution >= 4 is 22.8 Å². The molecule has 1 aliphatic rings. The number of fused-ring (bicyclic) bond motifs is 1. The predicted octanol–water partition coefficient (Wildman–Crippen LogP) is 1.71. The summed E-state index contributed by atoms with van der Waals surface area (Å²) in [7, 11) is 1.53. The lowest BCUT2D eigenvalue weighted by Crippen LogP contribution is -2.35. The maximum atomic E-state index is 12.9. The van der Waals surface area contributed by atoms with Crippen molar-refractivity contribution in [3.63, 3.8) is 0 Å². The SMILES string of the molecule is COc1ncccc1C(=O)N1CCCN(c2ncnc3[nH]ccc23)CC1. The molecule has 4 heterocycles. The first kappa shape index (κ1) is 16.3. The Labute approximate surface area is 150 Å². The number of aromatic amines is 1. The fourth-order valence-electron chi connectivity index (χ4n) is 3.33. The average molecular weight is 352 g/mol. The van der Waals surface area contributed by atoms with Gasteiger partial charge in [-0.1, -0.05) is 0 Å². The van der Waals surface area contributed by atoms with E-state index in [1.54, 1.807) is 24.7 Å². The van der Waals surface area contributed by atoms with E-state index in [1.807, 2.05) is 17.2 Å². The van der Waals surface area contributed by atoms with Crippen molar-refractivity contribution in [2.45, 2.75) is 6.42 Å². The highest BCUT2D eigenvalue weighted by atomic mass is 16.5. The lowest BCUT2D eigenvalue weighted by Gasteiger charge is -2.23. The third kappa shape index (κ3) is 2.94. The van der Waals surface area contributed by atoms with E-state index in [9.17, 15) is 4.79 Å². The van der Waals surface area contributed by atoms with Crippen LogP contribution in [-0.4, -0.2) is 64.0 Å². The molecule has 0 spiro atoms. The number of carbonyl (C=O) groups excluding carboxylic acids is 1. The Bertz CT molecular complexity index is 925. The fourth-order valence-corrected chi connectivity index (χ4v) is 3.33. The summed E-state index contributed by atoms with van der Waals surface area (Å²) < 4.78 is 5.23. The molecule has 26 heavy (non-hydrogen) atoms. The van der Waals surface area contributed by atoms with Crippen molar-refractivity contribution in [2.24, 2.45) is 0 Å². The fraction of sp³-hybridized carbons (Fsp3) is 0.333. The van der Waals surface area contributed by atoms with Crippen LogP contribution < -0.4 is 9.64 Å². The minimum absolute atomic E-state index is 0.0497. The van der Waals surface area contributed by atoms with Crippen LogP contribution >= 0.6 is 0 Å². The van der Waals surface area contributed by atoms with Crippen LogP contribution in [0.2, 0.25) is 0 Å². The van der Waals surface area contributed by atoms with Gasteiger partial charge in [-0.15, -0.1) is 0 Å². The van der Waals surface area contributed by atoms with Crippen molar-refractivity contribution < 1.29 is 9.53 Å². The van der Waals surface area contributed by atoms with E-state index in [4.69, 9.17) is 4.74 Å². The van der Waals surface area contributed by atoms with Gasteiger partial charge in [0.05, 0.1) is 12.5 Å². The second-order valence-electron chi connectivity index (χ2n) is 6.13. The van der Waals surface area contributed by atoms with Gasteiger partial charge in [-0.3, -0.25) is 4.79 Å². The smallest absolute Gasteiger partial charge is 0.259 e. The van der Waals surface area contributed by atoms with Crippen LogP contribution in [0, 0.1) is 0 Å². The minimum atomic E-state index is -0.0497. The summed E-state index contributed by atoms with van der Waals surface area (Å²) in [6.07, 6.45) is 5.93. The molecular formula is C18H20N6O2. The third-order valence-electron chi connectivity index (χ3n) is 4.61. The summed E-state index contributed by atoms with van der Waals surface area (Å²) in [6, 6.07) is 5.49. The third-order valence-corrected chi connectivity index (χ3v) is 4.61. The minimum Gasteiger partial charge on any atom is -0.480 e. The quantitative estimate of drug-likeness (QED) is 0.772. The van der Waals surface area contributed by atoms with Gasteiger partial charge in [0.1, 0.15) is 23.4 Å². The number of ether oxygens (including phenoxy) is 1. The number of rotatable bonds is 3. The Balaban J connectivity index is 1.53. The number of nitrogens with one attached hydrogen (secondary N) is 1. The Morgan fingerprint density at radius 3 is 2.96 bits per heavy atom. The number of nitrogens with zero attached hydrogens (tertiary/aromatic N) is 5. The first-order chi connectivity index (χ1) is 12.8. The second kappa shape index (κ2) is 6.99. The zero-order valence-corrected chi connectivity index (χ0v) is 14.6. The molecule has 1 saturated heterocycles. The lowest BCUT2D eigenvalue weighted by molar-refractivity contribution is 0.0762. The van der Waals surface area contributed by atoms with Crippen molar-refractivity contribution in [2.75, 3.05) is 38.2 Å². The molecule has 0 unspecified atom stereocenters. The summed E-state index contributed by atoms with van der Waals surface area (Å²) in [6.45, 7) is 2.86. The molecule has 0 aliphatic carbocycles. The number of aromatic nitrogens is 4. The molecule has 8 nitrogen and oxygen atoms in total. The van der Waals surface area contributed by atoms with Gasteiger partial charge in [0.15, 0.2) is 0 Å². The molecule has 0 bridgehead atoms. The van der Waals surface area contributed by atoms with Crippen LogP contribution in [0.3, 0.4) is 0 Å². The largest absolute Gasteiger partial charge is 0.480 e. The van der Waals surface area contributed by atoms with Gasteiger partial charge in [-0.25, -0.2) is 15.0 Å². The van der Waals surface area contributed by atoms with Crippen LogP contribution in [0.15, 0.2) is 36.9 Å². The maximum absolute atomic E-state index is 12.9. The number of H-pyrrole nitrogens is 1. The van der Waals surface area contributed by atoms with Crippen molar-refractivity contribution in [1.82, 2.24) is 24.8 Å². The van der Waals surface area contributed by atoms with Gasteiger partial charge in [-0.2, -0.15) is 0 Å². The van der Waals surface area contributed by atoms with Crippen molar-refractivity contribution in [3.8, 4) is 5.88 Å². The standard InChI is InChI=1S/C18H20N6O2/c1-26-17-14(4-2-6-20-17)18(25)24-9-3-8-23(10-11-24)16-13-5-7-19-15(13)21-12-22-16/h2,4-7,12H,3,8-11H2,1H3,(H,19,21,22). The molecule has 1 N–H and O–H groups in total. The number of anilines is 1. The van der Waals surface area contributed by atoms with Gasteiger partial charge in [0, 0.05) is 38.6 Å². The zero-order valence-electron chi connectivity index (χ0n) is 14.6. The van der Waals surface area contributed by atoms with Crippen LogP contribution in [-0.2, 0) is 0 Å². The second-order valence-corrected chi connectivity index (χ2v) is 6.13. The van der Waals surface area contributed by atoms with Gasteiger partial charge in [0.25, 0.3) is 5.91 Å². The zero-order chi connectivity index (χ0) is 17.9. The van der Waals surface area contributed by atoms with Gasteiger partial charge in [-0.05, 0) is 24.6 Å². The molecule has 3 aromatic rings. The first-order valence-corrected chi connectivity index (χ1v) is 8.59. The molecule has 1 fully saturated rings. The highest BCUT2D eigenvalue weighted by molar-refractivity contribution is 5.96. The van der Waals surface area contributed by atoms with E-state index in [-0.39, 0.29) is 5.91 Å². The number of carbonyl (C=O) groups is 1. The van der Waals surface area contributed by atoms with Crippen molar-refractivity contribution in [1.29, 1.82) is 0 Å². The van der Waals surface area contributed by atoms with Gasteiger partial charge >= 0.3 is 0 Å². The molecule has 1 amide bonds. The van der Waals surface area contributed by atoms with E-state index < -0.39 is 0 Å². The topological polar surface area (TPSA) is 87.2 Å². The highest BCUT2D eigenvalue weighted by Gasteiger charge is 2.24. The molecule has 0 aromatic carbocycles. The summed E-state index contributed by atoms with van der Waals surface area (Å²) in [5.41, 5.74) is 1.32. The van der Waals surface area contributed by atoms with Crippen LogP contribution in [0.1, 0.15) is 16.8 Å². The molecule has 134 valence electrons. The Morgan fingerprint density at radius 1 is 1.15 bits per heavy atom. The van der Waals surface area contributed by atoms with E-state index in [2.05, 4.69) is 24.8 Å². The maximum Gasteiger partial charge on any atom is 0.259 e. The molecular weight excluding hydrogens is 332 g/mol. The van der Waals surface area contributed by atoms with E-state index in [0.29, 0.717) is 31.1 Å². The number of pyridine rings is 1. The molecule has 8 heteroatoms. The highest BCUT2D eigenvalue weighted by Crippen LogP contribution is 2.24. The van der Waals surface area contributed by atoms with Gasteiger partial charge in [0.2, 0.25) is 5.88 Å². The molecule has 4 rings (SSSR count). The molecule has 3 aromatic heterocycles. The van der Waals surface area contributed by atoms with E-state index in [1.165, 1.54) is 7.11 Å². The molecule has 0 saturated carbocycles. The summed E-state index contributed by atoms with van der Waals surface area (Å²) >= 11 is 0. The van der Waals surface area contributed by atoms with Crippen LogP contribution in [0.25, 0.3) is 11.0 Å². The number of methoxy groups -OCH3 is 1. The summed E-state index contributed by atoms with van der Waals surface area (Å²) in [5.74, 6) is 1.22. The predicted molar refractivity (Wildman–Crippen MR) is 97.4 cm³/mol. The Morgan fingerprint density at radius 2 is 2.08 bits per heavy atom. The van der Waals surface area contributed by atoms with Crippen LogP contribution in [0.4, 0.5) is 5.82 Å². The summed E-state index contributed by atoms with van der Waals surface area (Å²) in [4.78, 5) is 32.9.